The van der Waals surface area contributed by atoms with Crippen molar-refractivity contribution < 1.29 is 9.18 Å². The number of H-pyrrole nitrogens is 1. The van der Waals surface area contributed by atoms with Gasteiger partial charge in [0.2, 0.25) is 5.91 Å². The summed E-state index contributed by atoms with van der Waals surface area (Å²) in [5.41, 5.74) is 8.52. The second-order valence-corrected chi connectivity index (χ2v) is 12.5. The molecule has 1 aromatic carbocycles. The highest BCUT2D eigenvalue weighted by Gasteiger charge is 2.54. The van der Waals surface area contributed by atoms with Crippen molar-refractivity contribution in [2.45, 2.75) is 103 Å². The van der Waals surface area contributed by atoms with Gasteiger partial charge in [-0.15, -0.1) is 0 Å². The third-order valence-corrected chi connectivity index (χ3v) is 9.29. The minimum absolute atomic E-state index is 0.107. The maximum atomic E-state index is 14.0. The lowest BCUT2D eigenvalue weighted by atomic mass is 9.78. The Morgan fingerprint density at radius 2 is 1.97 bits per heavy atom. The van der Waals surface area contributed by atoms with Gasteiger partial charge in [-0.2, -0.15) is 0 Å². The van der Waals surface area contributed by atoms with Gasteiger partial charge in [-0.3, -0.25) is 9.69 Å². The van der Waals surface area contributed by atoms with Crippen LogP contribution in [0, 0.1) is 17.2 Å². The largest absolute Gasteiger partial charge is 0.361 e. The number of halogens is 1. The molecule has 1 saturated carbocycles. The van der Waals surface area contributed by atoms with Crippen LogP contribution in [0.2, 0.25) is 0 Å². The number of likely N-dealkylation sites (tertiary alicyclic amines) is 2. The fourth-order valence-electron chi connectivity index (χ4n) is 7.07. The number of nitrogens with one attached hydrogen (secondary N) is 1. The molecule has 0 bridgehead atoms. The van der Waals surface area contributed by atoms with E-state index in [4.69, 9.17) is 5.73 Å². The predicted molar refractivity (Wildman–Crippen MR) is 140 cm³/mol. The van der Waals surface area contributed by atoms with Crippen LogP contribution in [-0.2, 0) is 4.79 Å². The Morgan fingerprint density at radius 1 is 1.23 bits per heavy atom. The second kappa shape index (κ2) is 9.51. The summed E-state index contributed by atoms with van der Waals surface area (Å²) in [7, 11) is 0. The Bertz CT molecular complexity index is 1060. The summed E-state index contributed by atoms with van der Waals surface area (Å²) in [5.74, 6) is 0.682. The number of benzene rings is 1. The second-order valence-electron chi connectivity index (χ2n) is 12.5. The number of nitrogens with two attached hydrogens (primary N) is 1. The van der Waals surface area contributed by atoms with E-state index in [9.17, 15) is 9.18 Å². The average molecular weight is 483 g/mol. The minimum Gasteiger partial charge on any atom is -0.361 e. The molecule has 3 aliphatic rings. The van der Waals surface area contributed by atoms with Gasteiger partial charge in [0.1, 0.15) is 5.82 Å². The molecule has 0 radical (unpaired) electrons. The van der Waals surface area contributed by atoms with Crippen molar-refractivity contribution in [1.29, 1.82) is 0 Å². The van der Waals surface area contributed by atoms with Gasteiger partial charge in [0.05, 0.1) is 12.1 Å². The first-order valence-corrected chi connectivity index (χ1v) is 13.8. The molecule has 5 rings (SSSR count). The zero-order valence-electron chi connectivity index (χ0n) is 21.9. The maximum Gasteiger partial charge on any atom is 0.240 e. The van der Waals surface area contributed by atoms with E-state index in [1.54, 1.807) is 12.1 Å². The number of rotatable bonds is 7. The number of carbonyl (C=O) groups excluding carboxylic acids is 1. The summed E-state index contributed by atoms with van der Waals surface area (Å²) in [6, 6.07) is 5.63. The van der Waals surface area contributed by atoms with Crippen LogP contribution >= 0.6 is 0 Å². The SMILES string of the molecule is CC(C)CCC(C)(C)C(N)C(=O)N1CCC2C1C(c1c[nH]c3cc(F)ccc13)CN2C1CCCC1. The standard InChI is InChI=1S/C29H43FN4O/c1-18(2)11-13-29(3,4)27(31)28(35)33-14-12-25-26(33)23(17-34(25)20-7-5-6-8-20)22-16-32-24-15-19(30)9-10-21(22)24/h9-10,15-16,18,20,23,25-27,32H,5-8,11-14,17,31H2,1-4H3. The third kappa shape index (κ3) is 4.53. The van der Waals surface area contributed by atoms with Crippen LogP contribution < -0.4 is 5.73 Å². The van der Waals surface area contributed by atoms with Gasteiger partial charge in [0, 0.05) is 48.2 Å². The highest BCUT2D eigenvalue weighted by atomic mass is 19.1. The van der Waals surface area contributed by atoms with Crippen molar-refractivity contribution in [2.75, 3.05) is 13.1 Å². The van der Waals surface area contributed by atoms with Crippen LogP contribution in [-0.4, -0.2) is 57.9 Å². The van der Waals surface area contributed by atoms with Crippen molar-refractivity contribution in [3.63, 3.8) is 0 Å². The fourth-order valence-corrected chi connectivity index (χ4v) is 7.07. The number of amides is 1. The number of hydrogen-bond acceptors (Lipinski definition) is 3. The molecule has 1 aromatic heterocycles. The normalized spacial score (nSPS) is 26.8. The number of hydrogen-bond donors (Lipinski definition) is 2. The Hall–Kier alpha value is -1.92. The third-order valence-electron chi connectivity index (χ3n) is 9.29. The summed E-state index contributed by atoms with van der Waals surface area (Å²) in [6.45, 7) is 10.5. The molecule has 5 nitrogen and oxygen atoms in total. The summed E-state index contributed by atoms with van der Waals surface area (Å²) >= 11 is 0. The van der Waals surface area contributed by atoms with Gasteiger partial charge in [-0.1, -0.05) is 47.0 Å². The van der Waals surface area contributed by atoms with E-state index in [0.29, 0.717) is 18.0 Å². The van der Waals surface area contributed by atoms with Crippen molar-refractivity contribution in [2.24, 2.45) is 17.1 Å². The smallest absolute Gasteiger partial charge is 0.240 e. The summed E-state index contributed by atoms with van der Waals surface area (Å²) in [4.78, 5) is 22.1. The molecule has 192 valence electrons. The fraction of sp³-hybridized carbons (Fsp3) is 0.690. The molecule has 2 aliphatic heterocycles. The summed E-state index contributed by atoms with van der Waals surface area (Å²) < 4.78 is 13.9. The van der Waals surface area contributed by atoms with Crippen molar-refractivity contribution in [1.82, 2.24) is 14.8 Å². The zero-order valence-corrected chi connectivity index (χ0v) is 21.9. The number of carbonyl (C=O) groups is 1. The number of aromatic amines is 1. The van der Waals surface area contributed by atoms with Gasteiger partial charge in [0.25, 0.3) is 0 Å². The molecule has 3 heterocycles. The van der Waals surface area contributed by atoms with Crippen LogP contribution in [0.25, 0.3) is 10.9 Å². The van der Waals surface area contributed by atoms with Crippen LogP contribution in [0.5, 0.6) is 0 Å². The number of aromatic nitrogens is 1. The van der Waals surface area contributed by atoms with Gasteiger partial charge < -0.3 is 15.6 Å². The van der Waals surface area contributed by atoms with Gasteiger partial charge in [0.15, 0.2) is 0 Å². The molecular formula is C29H43FN4O. The molecular weight excluding hydrogens is 439 g/mol. The van der Waals surface area contributed by atoms with Crippen molar-refractivity contribution in [3.05, 3.63) is 35.8 Å². The molecule has 1 amide bonds. The Kier molecular flexibility index (Phi) is 6.73. The first-order valence-electron chi connectivity index (χ1n) is 13.8. The summed E-state index contributed by atoms with van der Waals surface area (Å²) in [5, 5.41) is 1.07. The molecule has 2 saturated heterocycles. The lowest BCUT2D eigenvalue weighted by Crippen LogP contribution is -2.54. The van der Waals surface area contributed by atoms with E-state index < -0.39 is 6.04 Å². The van der Waals surface area contributed by atoms with Crippen molar-refractivity contribution >= 4 is 16.8 Å². The molecule has 0 spiro atoms. The monoisotopic (exact) mass is 482 g/mol. The zero-order chi connectivity index (χ0) is 24.9. The molecule has 35 heavy (non-hydrogen) atoms. The Morgan fingerprint density at radius 3 is 2.69 bits per heavy atom. The van der Waals surface area contributed by atoms with E-state index in [1.807, 2.05) is 6.07 Å². The predicted octanol–water partition coefficient (Wildman–Crippen LogP) is 5.41. The molecule has 1 aliphatic carbocycles. The van der Waals surface area contributed by atoms with Gasteiger partial charge in [-0.25, -0.2) is 4.39 Å². The van der Waals surface area contributed by atoms with Gasteiger partial charge >= 0.3 is 0 Å². The van der Waals surface area contributed by atoms with E-state index in [1.165, 1.54) is 31.2 Å². The van der Waals surface area contributed by atoms with Gasteiger partial charge in [-0.05, 0) is 60.8 Å². The highest BCUT2D eigenvalue weighted by molar-refractivity contribution is 5.85. The molecule has 2 aromatic rings. The van der Waals surface area contributed by atoms with E-state index in [2.05, 4.69) is 48.7 Å². The van der Waals surface area contributed by atoms with Crippen molar-refractivity contribution in [3.8, 4) is 0 Å². The topological polar surface area (TPSA) is 65.4 Å². The molecule has 3 fully saturated rings. The van der Waals surface area contributed by atoms with Crippen LogP contribution in [0.1, 0.15) is 84.1 Å². The van der Waals surface area contributed by atoms with E-state index in [-0.39, 0.29) is 29.1 Å². The van der Waals surface area contributed by atoms with E-state index >= 15 is 0 Å². The van der Waals surface area contributed by atoms with Crippen LogP contribution in [0.4, 0.5) is 4.39 Å². The molecule has 3 N–H and O–H groups in total. The lowest BCUT2D eigenvalue weighted by Gasteiger charge is -2.37. The van der Waals surface area contributed by atoms with Crippen LogP contribution in [0.3, 0.4) is 0 Å². The molecule has 6 heteroatoms. The minimum atomic E-state index is -0.502. The maximum absolute atomic E-state index is 14.0. The molecule has 4 unspecified atom stereocenters. The summed E-state index contributed by atoms with van der Waals surface area (Å²) in [6.07, 6.45) is 10.2. The molecule has 4 atom stereocenters. The van der Waals surface area contributed by atoms with Crippen LogP contribution in [0.15, 0.2) is 24.4 Å². The first kappa shape index (κ1) is 24.8. The highest BCUT2D eigenvalue weighted by Crippen LogP contribution is 2.46. The quantitative estimate of drug-likeness (QED) is 0.555. The van der Waals surface area contributed by atoms with E-state index in [0.717, 1.165) is 43.3 Å². The Labute approximate surface area is 209 Å². The first-order chi connectivity index (χ1) is 16.7. The number of nitrogens with zero attached hydrogens (tertiary/aromatic N) is 2. The average Bonchev–Trinajstić information content (AvgIpc) is 3.60. The Balaban J connectivity index is 1.46. The number of fused-ring (bicyclic) bond motifs is 2. The lowest BCUT2D eigenvalue weighted by molar-refractivity contribution is -0.136.